The molecule has 3 atom stereocenters. The molecule has 1 saturated carbocycles. The molecule has 1 aliphatic heterocycles. The Kier molecular flexibility index (Phi) is 3.48. The summed E-state index contributed by atoms with van der Waals surface area (Å²) in [5, 5.41) is 18.6. The van der Waals surface area contributed by atoms with Gasteiger partial charge in [-0.1, -0.05) is 11.6 Å². The van der Waals surface area contributed by atoms with Gasteiger partial charge in [0.2, 0.25) is 10.0 Å². The van der Waals surface area contributed by atoms with Gasteiger partial charge < -0.3 is 10.2 Å². The summed E-state index contributed by atoms with van der Waals surface area (Å²) in [6, 6.07) is 3.62. The zero-order valence-corrected chi connectivity index (χ0v) is 12.5. The Morgan fingerprint density at radius 3 is 2.62 bits per heavy atom. The van der Waals surface area contributed by atoms with Crippen LogP contribution >= 0.6 is 11.6 Å². The second kappa shape index (κ2) is 4.95. The van der Waals surface area contributed by atoms with Gasteiger partial charge in [-0.2, -0.15) is 4.31 Å². The molecule has 0 radical (unpaired) electrons. The Morgan fingerprint density at radius 1 is 1.33 bits per heavy atom. The van der Waals surface area contributed by atoms with Crippen LogP contribution in [0.25, 0.3) is 0 Å². The molecule has 1 heterocycles. The quantitative estimate of drug-likeness (QED) is 0.863. The number of carboxylic acid groups (broad SMARTS) is 1. The van der Waals surface area contributed by atoms with Gasteiger partial charge in [0.25, 0.3) is 0 Å². The Morgan fingerprint density at radius 2 is 2.05 bits per heavy atom. The third-order valence-electron chi connectivity index (χ3n) is 4.29. The highest BCUT2D eigenvalue weighted by molar-refractivity contribution is 7.89. The van der Waals surface area contributed by atoms with Crippen LogP contribution in [0.4, 0.5) is 0 Å². The average Bonchev–Trinajstić information content (AvgIpc) is 2.76. The van der Waals surface area contributed by atoms with E-state index >= 15 is 0 Å². The number of hydrogen-bond acceptors (Lipinski definition) is 4. The predicted molar refractivity (Wildman–Crippen MR) is 74.8 cm³/mol. The van der Waals surface area contributed by atoms with Gasteiger partial charge in [-0.3, -0.25) is 0 Å². The molecule has 6 nitrogen and oxygen atoms in total. The van der Waals surface area contributed by atoms with Gasteiger partial charge in [0, 0.05) is 19.0 Å². The zero-order valence-electron chi connectivity index (χ0n) is 10.9. The van der Waals surface area contributed by atoms with Gasteiger partial charge in [0.1, 0.15) is 4.90 Å². The lowest BCUT2D eigenvalue weighted by atomic mass is 9.74. The molecule has 1 aromatic carbocycles. The minimum Gasteiger partial charge on any atom is -0.478 e. The summed E-state index contributed by atoms with van der Waals surface area (Å²) in [6.07, 6.45) is 0.163. The number of aliphatic hydroxyl groups is 1. The second-order valence-electron chi connectivity index (χ2n) is 5.50. The zero-order chi connectivity index (χ0) is 15.4. The summed E-state index contributed by atoms with van der Waals surface area (Å²) in [5.74, 6) is -1.06. The highest BCUT2D eigenvalue weighted by atomic mass is 35.5. The largest absolute Gasteiger partial charge is 0.478 e. The number of aliphatic hydroxyl groups excluding tert-OH is 1. The molecule has 2 N–H and O–H groups in total. The number of nitrogens with zero attached hydrogens (tertiary/aromatic N) is 1. The Balaban J connectivity index is 1.95. The van der Waals surface area contributed by atoms with Crippen molar-refractivity contribution in [1.82, 2.24) is 4.31 Å². The smallest absolute Gasteiger partial charge is 0.335 e. The van der Waals surface area contributed by atoms with Crippen LogP contribution in [-0.2, 0) is 10.0 Å². The number of rotatable bonds is 3. The lowest BCUT2D eigenvalue weighted by molar-refractivity contribution is -0.00416. The highest BCUT2D eigenvalue weighted by Crippen LogP contribution is 2.43. The van der Waals surface area contributed by atoms with Crippen molar-refractivity contribution in [1.29, 1.82) is 0 Å². The Labute approximate surface area is 127 Å². The first-order valence-electron chi connectivity index (χ1n) is 6.52. The first-order chi connectivity index (χ1) is 9.80. The summed E-state index contributed by atoms with van der Waals surface area (Å²) in [5.41, 5.74) is -0.125. The molecule has 2 aliphatic rings. The van der Waals surface area contributed by atoms with Crippen LogP contribution in [-0.4, -0.2) is 48.1 Å². The standard InChI is InChI=1S/C13H14ClNO5S/c14-10-2-1-7(13(17)18)4-12(10)21(19,20)15-5-8-3-11(16)9(8)6-15/h1-2,4,8-9,11,16H,3,5-6H2,(H,17,18)/t8-,9+,11-/m1/s1. The number of fused-ring (bicyclic) bond motifs is 1. The van der Waals surface area contributed by atoms with Gasteiger partial charge >= 0.3 is 5.97 Å². The third-order valence-corrected chi connectivity index (χ3v) is 6.61. The van der Waals surface area contributed by atoms with E-state index in [1.165, 1.54) is 16.4 Å². The van der Waals surface area contributed by atoms with E-state index in [0.29, 0.717) is 13.0 Å². The summed E-state index contributed by atoms with van der Waals surface area (Å²) < 4.78 is 26.5. The number of carboxylic acids is 1. The van der Waals surface area contributed by atoms with Gasteiger partial charge in [0.05, 0.1) is 16.7 Å². The van der Waals surface area contributed by atoms with Crippen LogP contribution in [0.2, 0.25) is 5.02 Å². The molecule has 0 amide bonds. The van der Waals surface area contributed by atoms with E-state index in [0.717, 1.165) is 6.07 Å². The molecular formula is C13H14ClNO5S. The summed E-state index contributed by atoms with van der Waals surface area (Å²) in [4.78, 5) is 10.8. The molecule has 0 unspecified atom stereocenters. The molecular weight excluding hydrogens is 318 g/mol. The van der Waals surface area contributed by atoms with E-state index in [1.54, 1.807) is 0 Å². The van der Waals surface area contributed by atoms with Crippen molar-refractivity contribution in [2.45, 2.75) is 17.4 Å². The van der Waals surface area contributed by atoms with Crippen LogP contribution in [0.1, 0.15) is 16.8 Å². The van der Waals surface area contributed by atoms with Gasteiger partial charge in [-0.15, -0.1) is 0 Å². The molecule has 3 rings (SSSR count). The lowest BCUT2D eigenvalue weighted by Gasteiger charge is -2.34. The molecule has 0 bridgehead atoms. The van der Waals surface area contributed by atoms with Gasteiger partial charge in [-0.05, 0) is 30.5 Å². The Hall–Kier alpha value is -1.15. The molecule has 1 aliphatic carbocycles. The van der Waals surface area contributed by atoms with Crippen molar-refractivity contribution in [2.24, 2.45) is 11.8 Å². The fourth-order valence-electron chi connectivity index (χ4n) is 3.00. The molecule has 1 aromatic rings. The monoisotopic (exact) mass is 331 g/mol. The van der Waals surface area contributed by atoms with Crippen molar-refractivity contribution < 1.29 is 23.4 Å². The van der Waals surface area contributed by atoms with Crippen molar-refractivity contribution in [3.05, 3.63) is 28.8 Å². The van der Waals surface area contributed by atoms with Gasteiger partial charge in [0.15, 0.2) is 0 Å². The topological polar surface area (TPSA) is 94.9 Å². The van der Waals surface area contributed by atoms with E-state index in [-0.39, 0.29) is 33.9 Å². The van der Waals surface area contributed by atoms with E-state index in [2.05, 4.69) is 0 Å². The molecule has 8 heteroatoms. The first kappa shape index (κ1) is 14.8. The summed E-state index contributed by atoms with van der Waals surface area (Å²) >= 11 is 5.93. The van der Waals surface area contributed by atoms with E-state index < -0.39 is 22.1 Å². The van der Waals surface area contributed by atoms with Crippen LogP contribution in [0.15, 0.2) is 23.1 Å². The molecule has 2 fully saturated rings. The van der Waals surface area contributed by atoms with Crippen LogP contribution in [0, 0.1) is 11.8 Å². The van der Waals surface area contributed by atoms with Gasteiger partial charge in [-0.25, -0.2) is 13.2 Å². The summed E-state index contributed by atoms with van der Waals surface area (Å²) in [7, 11) is -3.85. The fourth-order valence-corrected chi connectivity index (χ4v) is 5.03. The number of hydrogen-bond donors (Lipinski definition) is 2. The maximum atomic E-state index is 12.6. The number of aromatic carboxylic acids is 1. The van der Waals surface area contributed by atoms with Crippen molar-refractivity contribution in [3.8, 4) is 0 Å². The predicted octanol–water partition coefficient (Wildman–Crippen LogP) is 1.04. The SMILES string of the molecule is O=C(O)c1ccc(Cl)c(S(=O)(=O)N2C[C@H]3C[C@@H](O)[C@H]3C2)c1. The molecule has 0 spiro atoms. The number of benzene rings is 1. The minimum absolute atomic E-state index is 0.000189. The lowest BCUT2D eigenvalue weighted by Crippen LogP contribution is -2.39. The molecule has 1 saturated heterocycles. The van der Waals surface area contributed by atoms with E-state index in [9.17, 15) is 18.3 Å². The molecule has 0 aromatic heterocycles. The minimum atomic E-state index is -3.85. The van der Waals surface area contributed by atoms with Crippen molar-refractivity contribution in [2.75, 3.05) is 13.1 Å². The molecule has 114 valence electrons. The average molecular weight is 332 g/mol. The normalized spacial score (nSPS) is 29.0. The second-order valence-corrected chi connectivity index (χ2v) is 7.81. The third kappa shape index (κ3) is 2.34. The number of carbonyl (C=O) groups is 1. The number of halogens is 1. The fraction of sp³-hybridized carbons (Fsp3) is 0.462. The van der Waals surface area contributed by atoms with E-state index in [4.69, 9.17) is 16.7 Å². The maximum absolute atomic E-state index is 12.6. The van der Waals surface area contributed by atoms with Crippen LogP contribution in [0.3, 0.4) is 0 Å². The van der Waals surface area contributed by atoms with Crippen LogP contribution in [0.5, 0.6) is 0 Å². The Bertz CT molecular complexity index is 705. The van der Waals surface area contributed by atoms with E-state index in [1.807, 2.05) is 0 Å². The number of sulfonamides is 1. The maximum Gasteiger partial charge on any atom is 0.335 e. The van der Waals surface area contributed by atoms with Crippen molar-refractivity contribution >= 4 is 27.6 Å². The first-order valence-corrected chi connectivity index (χ1v) is 8.33. The summed E-state index contributed by atoms with van der Waals surface area (Å²) in [6.45, 7) is 0.597. The highest BCUT2D eigenvalue weighted by Gasteiger charge is 2.49. The van der Waals surface area contributed by atoms with Crippen LogP contribution < -0.4 is 0 Å². The molecule has 21 heavy (non-hydrogen) atoms. The van der Waals surface area contributed by atoms with Crippen molar-refractivity contribution in [3.63, 3.8) is 0 Å².